The summed E-state index contributed by atoms with van der Waals surface area (Å²) in [6.45, 7) is 3.73. The molecule has 0 aromatic heterocycles. The van der Waals surface area contributed by atoms with Gasteiger partial charge in [0.2, 0.25) is 0 Å². The molecule has 2 bridgehead atoms. The zero-order valence-corrected chi connectivity index (χ0v) is 11.3. The summed E-state index contributed by atoms with van der Waals surface area (Å²) in [5, 5.41) is 5.47. The molecule has 3 unspecified atom stereocenters. The van der Waals surface area contributed by atoms with Gasteiger partial charge in [0.05, 0.1) is 12.6 Å². The molecule has 2 aliphatic heterocycles. The Morgan fingerprint density at radius 2 is 2.20 bits per heavy atom. The SMILES string of the molecule is CCOC(=O)C1C2NC(=O)NC1(C)Oc1ccccc12. The van der Waals surface area contributed by atoms with Crippen molar-refractivity contribution in [3.05, 3.63) is 29.8 Å². The molecule has 1 saturated heterocycles. The molecule has 0 aliphatic carbocycles. The summed E-state index contributed by atoms with van der Waals surface area (Å²) in [7, 11) is 0. The van der Waals surface area contributed by atoms with Crippen molar-refractivity contribution < 1.29 is 19.1 Å². The number of hydrogen-bond acceptors (Lipinski definition) is 4. The number of urea groups is 1. The number of nitrogens with one attached hydrogen (secondary N) is 2. The lowest BCUT2D eigenvalue weighted by Crippen LogP contribution is -2.70. The van der Waals surface area contributed by atoms with Gasteiger partial charge in [-0.25, -0.2) is 4.79 Å². The Hall–Kier alpha value is -2.24. The van der Waals surface area contributed by atoms with E-state index < -0.39 is 17.7 Å². The standard InChI is InChI=1S/C14H16N2O4/c1-3-19-12(17)10-11-8-6-4-5-7-9(8)20-14(10,2)16-13(18)15-11/h4-7,10-11H,3H2,1-2H3,(H2,15,16,18). The van der Waals surface area contributed by atoms with Gasteiger partial charge in [-0.3, -0.25) is 10.1 Å². The molecule has 106 valence electrons. The number of benzene rings is 1. The zero-order valence-electron chi connectivity index (χ0n) is 11.3. The highest BCUT2D eigenvalue weighted by molar-refractivity contribution is 5.84. The molecule has 3 atom stereocenters. The van der Waals surface area contributed by atoms with E-state index in [1.54, 1.807) is 13.8 Å². The molecular formula is C14H16N2O4. The quantitative estimate of drug-likeness (QED) is 0.799. The van der Waals surface area contributed by atoms with Gasteiger partial charge < -0.3 is 14.8 Å². The molecule has 3 rings (SSSR count). The minimum absolute atomic E-state index is 0.285. The average Bonchev–Trinajstić information content (AvgIpc) is 2.37. The molecule has 2 aliphatic rings. The summed E-state index contributed by atoms with van der Waals surface area (Å²) >= 11 is 0. The molecular weight excluding hydrogens is 260 g/mol. The van der Waals surface area contributed by atoms with Crippen molar-refractivity contribution in [3.63, 3.8) is 0 Å². The first kappa shape index (κ1) is 12.8. The molecule has 6 heteroatoms. The van der Waals surface area contributed by atoms with Crippen LogP contribution in [0.1, 0.15) is 25.5 Å². The van der Waals surface area contributed by atoms with Crippen LogP contribution in [0, 0.1) is 5.92 Å². The molecule has 1 fully saturated rings. The molecule has 0 radical (unpaired) electrons. The maximum absolute atomic E-state index is 12.2. The molecule has 1 aromatic rings. The molecule has 0 spiro atoms. The van der Waals surface area contributed by atoms with Crippen LogP contribution in [0.2, 0.25) is 0 Å². The van der Waals surface area contributed by atoms with Crippen LogP contribution in [0.4, 0.5) is 4.79 Å². The van der Waals surface area contributed by atoms with Gasteiger partial charge in [0.15, 0.2) is 5.72 Å². The molecule has 2 N–H and O–H groups in total. The van der Waals surface area contributed by atoms with Gasteiger partial charge in [0, 0.05) is 5.56 Å². The predicted octanol–water partition coefficient (Wildman–Crippen LogP) is 1.33. The van der Waals surface area contributed by atoms with Gasteiger partial charge in [0.1, 0.15) is 11.7 Å². The lowest BCUT2D eigenvalue weighted by molar-refractivity contribution is -0.162. The van der Waals surface area contributed by atoms with E-state index in [2.05, 4.69) is 10.6 Å². The van der Waals surface area contributed by atoms with E-state index >= 15 is 0 Å². The number of carbonyl (C=O) groups excluding carboxylic acids is 2. The van der Waals surface area contributed by atoms with Crippen molar-refractivity contribution in [1.82, 2.24) is 10.6 Å². The van der Waals surface area contributed by atoms with E-state index in [0.717, 1.165) is 5.56 Å². The number of fused-ring (bicyclic) bond motifs is 4. The van der Waals surface area contributed by atoms with E-state index in [1.807, 2.05) is 24.3 Å². The third kappa shape index (κ3) is 1.79. The van der Waals surface area contributed by atoms with E-state index in [9.17, 15) is 9.59 Å². The van der Waals surface area contributed by atoms with Crippen molar-refractivity contribution in [3.8, 4) is 5.75 Å². The van der Waals surface area contributed by atoms with Crippen LogP contribution in [0.5, 0.6) is 5.75 Å². The Labute approximate surface area is 116 Å². The van der Waals surface area contributed by atoms with E-state index in [1.165, 1.54) is 0 Å². The van der Waals surface area contributed by atoms with Gasteiger partial charge in [0.25, 0.3) is 0 Å². The first-order valence-corrected chi connectivity index (χ1v) is 6.58. The molecule has 6 nitrogen and oxygen atoms in total. The van der Waals surface area contributed by atoms with Crippen molar-refractivity contribution >= 4 is 12.0 Å². The Morgan fingerprint density at radius 1 is 1.45 bits per heavy atom. The van der Waals surface area contributed by atoms with Crippen LogP contribution in [0.25, 0.3) is 0 Å². The fraction of sp³-hybridized carbons (Fsp3) is 0.429. The maximum atomic E-state index is 12.2. The Kier molecular flexibility index (Phi) is 2.81. The number of amides is 2. The van der Waals surface area contributed by atoms with Crippen LogP contribution in [-0.2, 0) is 9.53 Å². The van der Waals surface area contributed by atoms with Crippen LogP contribution >= 0.6 is 0 Å². The first-order valence-electron chi connectivity index (χ1n) is 6.58. The molecule has 1 aromatic carbocycles. The Bertz CT molecular complexity index is 574. The van der Waals surface area contributed by atoms with Gasteiger partial charge in [-0.15, -0.1) is 0 Å². The smallest absolute Gasteiger partial charge is 0.318 e. The molecule has 20 heavy (non-hydrogen) atoms. The van der Waals surface area contributed by atoms with Gasteiger partial charge in [-0.05, 0) is 19.9 Å². The average molecular weight is 276 g/mol. The van der Waals surface area contributed by atoms with Crippen molar-refractivity contribution in [2.45, 2.75) is 25.6 Å². The molecule has 2 amide bonds. The summed E-state index contributed by atoms with van der Waals surface area (Å²) in [5.41, 5.74) is -0.314. The number of ether oxygens (including phenoxy) is 2. The summed E-state index contributed by atoms with van der Waals surface area (Å²) in [6, 6.07) is 6.56. The van der Waals surface area contributed by atoms with Gasteiger partial charge >= 0.3 is 12.0 Å². The van der Waals surface area contributed by atoms with Crippen molar-refractivity contribution in [1.29, 1.82) is 0 Å². The Morgan fingerprint density at radius 3 is 2.95 bits per heavy atom. The molecule has 0 saturated carbocycles. The third-order valence-corrected chi connectivity index (χ3v) is 3.69. The van der Waals surface area contributed by atoms with Gasteiger partial charge in [-0.1, -0.05) is 18.2 Å². The fourth-order valence-corrected chi connectivity index (χ4v) is 2.88. The predicted molar refractivity (Wildman–Crippen MR) is 70.0 cm³/mol. The maximum Gasteiger partial charge on any atom is 0.318 e. The van der Waals surface area contributed by atoms with Crippen LogP contribution in [0.3, 0.4) is 0 Å². The highest BCUT2D eigenvalue weighted by Gasteiger charge is 2.56. The summed E-state index contributed by atoms with van der Waals surface area (Å²) in [6.07, 6.45) is 0. The number of para-hydroxylation sites is 1. The highest BCUT2D eigenvalue weighted by atomic mass is 16.5. The number of rotatable bonds is 2. The normalized spacial score (nSPS) is 30.4. The van der Waals surface area contributed by atoms with Crippen LogP contribution < -0.4 is 15.4 Å². The Balaban J connectivity index is 2.08. The van der Waals surface area contributed by atoms with Crippen LogP contribution in [0.15, 0.2) is 24.3 Å². The number of esters is 1. The molecule has 2 heterocycles. The van der Waals surface area contributed by atoms with E-state index in [-0.39, 0.29) is 18.6 Å². The second kappa shape index (κ2) is 4.40. The number of hydrogen-bond donors (Lipinski definition) is 2. The summed E-state index contributed by atoms with van der Waals surface area (Å²) in [5.74, 6) is -0.356. The fourth-order valence-electron chi connectivity index (χ4n) is 2.88. The second-order valence-corrected chi connectivity index (χ2v) is 5.05. The highest BCUT2D eigenvalue weighted by Crippen LogP contribution is 2.44. The third-order valence-electron chi connectivity index (χ3n) is 3.69. The lowest BCUT2D eigenvalue weighted by atomic mass is 9.80. The van der Waals surface area contributed by atoms with Crippen LogP contribution in [-0.4, -0.2) is 24.3 Å². The van der Waals surface area contributed by atoms with E-state index in [0.29, 0.717) is 5.75 Å². The summed E-state index contributed by atoms with van der Waals surface area (Å²) < 4.78 is 11.0. The largest absolute Gasteiger partial charge is 0.467 e. The second-order valence-electron chi connectivity index (χ2n) is 5.05. The minimum Gasteiger partial charge on any atom is -0.467 e. The monoisotopic (exact) mass is 276 g/mol. The van der Waals surface area contributed by atoms with Crippen molar-refractivity contribution in [2.24, 2.45) is 5.92 Å². The minimum atomic E-state index is -1.10. The zero-order chi connectivity index (χ0) is 14.3. The first-order chi connectivity index (χ1) is 9.55. The topological polar surface area (TPSA) is 76.7 Å². The lowest BCUT2D eigenvalue weighted by Gasteiger charge is -2.48. The van der Waals surface area contributed by atoms with E-state index in [4.69, 9.17) is 9.47 Å². The van der Waals surface area contributed by atoms with Crippen molar-refractivity contribution in [2.75, 3.05) is 6.61 Å². The number of carbonyl (C=O) groups is 2. The van der Waals surface area contributed by atoms with Gasteiger partial charge in [-0.2, -0.15) is 0 Å². The summed E-state index contributed by atoms with van der Waals surface area (Å²) in [4.78, 5) is 24.0.